The van der Waals surface area contributed by atoms with Crippen molar-refractivity contribution < 1.29 is 22.7 Å². The zero-order valence-electron chi connectivity index (χ0n) is 18.6. The molecule has 0 spiro atoms. The van der Waals surface area contributed by atoms with Gasteiger partial charge >= 0.3 is 5.97 Å². The van der Waals surface area contributed by atoms with Crippen molar-refractivity contribution >= 4 is 27.6 Å². The summed E-state index contributed by atoms with van der Waals surface area (Å²) in [5.74, 6) is -1.10. The fourth-order valence-electron chi connectivity index (χ4n) is 4.03. The van der Waals surface area contributed by atoms with E-state index in [1.807, 2.05) is 0 Å². The van der Waals surface area contributed by atoms with E-state index in [-0.39, 0.29) is 22.4 Å². The van der Waals surface area contributed by atoms with Gasteiger partial charge in [0.1, 0.15) is 4.90 Å². The van der Waals surface area contributed by atoms with Crippen LogP contribution in [0.15, 0.2) is 71.3 Å². The average molecular weight is 469 g/mol. The van der Waals surface area contributed by atoms with Gasteiger partial charge in [-0.15, -0.1) is 0 Å². The number of sulfonamides is 1. The highest BCUT2D eigenvalue weighted by molar-refractivity contribution is 7.92. The third kappa shape index (κ3) is 5.11. The first-order valence-corrected chi connectivity index (χ1v) is 12.6. The number of carbonyl (C=O) groups excluding carboxylic acids is 2. The lowest BCUT2D eigenvalue weighted by atomic mass is 10.0. The molecule has 0 aromatic heterocycles. The Morgan fingerprint density at radius 1 is 1.00 bits per heavy atom. The molecule has 8 heteroatoms. The zero-order valence-corrected chi connectivity index (χ0v) is 19.5. The molecule has 174 valence electrons. The van der Waals surface area contributed by atoms with Crippen molar-refractivity contribution in [3.8, 4) is 0 Å². The summed E-state index contributed by atoms with van der Waals surface area (Å²) < 4.78 is 32.9. The second-order valence-electron chi connectivity index (χ2n) is 8.32. The predicted molar refractivity (Wildman–Crippen MR) is 125 cm³/mol. The third-order valence-electron chi connectivity index (χ3n) is 5.95. The van der Waals surface area contributed by atoms with Crippen molar-refractivity contribution in [2.75, 3.05) is 18.0 Å². The number of allylic oxidation sites excluding steroid dienone is 2. The van der Waals surface area contributed by atoms with Crippen LogP contribution in [-0.4, -0.2) is 44.9 Å². The van der Waals surface area contributed by atoms with E-state index >= 15 is 0 Å². The quantitative estimate of drug-likeness (QED) is 0.544. The summed E-state index contributed by atoms with van der Waals surface area (Å²) in [5.41, 5.74) is 1.39. The monoisotopic (exact) mass is 468 g/mol. The van der Waals surface area contributed by atoms with Crippen LogP contribution in [-0.2, 0) is 19.6 Å². The number of amides is 1. The van der Waals surface area contributed by atoms with Crippen molar-refractivity contribution in [3.63, 3.8) is 0 Å². The highest BCUT2D eigenvalue weighted by Gasteiger charge is 2.36. The van der Waals surface area contributed by atoms with Crippen LogP contribution in [0.2, 0.25) is 0 Å². The number of carbonyl (C=O) groups is 2. The molecule has 1 saturated carbocycles. The van der Waals surface area contributed by atoms with Crippen LogP contribution in [0.4, 0.5) is 5.69 Å². The number of anilines is 1. The smallest absolute Gasteiger partial charge is 0.340 e. The SMILES string of the molecule is CN(c1ccccc1)S(=O)(=O)c1ccccc1C(=O)OCC(=O)N(C1=CCCCC1)C1CC1. The van der Waals surface area contributed by atoms with Gasteiger partial charge < -0.3 is 9.64 Å². The predicted octanol–water partition coefficient (Wildman–Crippen LogP) is 4.12. The molecule has 7 nitrogen and oxygen atoms in total. The minimum atomic E-state index is -4.02. The van der Waals surface area contributed by atoms with Crippen molar-refractivity contribution in [3.05, 3.63) is 71.9 Å². The molecule has 0 aliphatic heterocycles. The van der Waals surface area contributed by atoms with Crippen LogP contribution in [0.5, 0.6) is 0 Å². The normalized spacial score (nSPS) is 16.0. The standard InChI is InChI=1S/C25H28N2O5S/c1-26(19-10-4-2-5-11-19)33(30,31)23-15-9-8-14-22(23)25(29)32-18-24(28)27(21-16-17-21)20-12-6-3-7-13-20/h2,4-5,8-12,14-15,21H,3,6-7,13,16-18H2,1H3. The molecule has 2 aliphatic rings. The molecule has 0 bridgehead atoms. The highest BCUT2D eigenvalue weighted by Crippen LogP contribution is 2.34. The summed E-state index contributed by atoms with van der Waals surface area (Å²) in [5, 5.41) is 0. The molecular formula is C25H28N2O5S. The lowest BCUT2D eigenvalue weighted by Gasteiger charge is -2.27. The zero-order chi connectivity index (χ0) is 23.4. The topological polar surface area (TPSA) is 84.0 Å². The summed E-state index contributed by atoms with van der Waals surface area (Å²) in [6.45, 7) is -0.421. The second kappa shape index (κ2) is 9.79. The number of esters is 1. The van der Waals surface area contributed by atoms with Gasteiger partial charge in [-0.3, -0.25) is 9.10 Å². The molecule has 33 heavy (non-hydrogen) atoms. The molecule has 1 amide bonds. The third-order valence-corrected chi connectivity index (χ3v) is 7.79. The van der Waals surface area contributed by atoms with E-state index in [9.17, 15) is 18.0 Å². The molecule has 2 aliphatic carbocycles. The lowest BCUT2D eigenvalue weighted by Crippen LogP contribution is -2.36. The summed E-state index contributed by atoms with van der Waals surface area (Å²) in [7, 11) is -2.58. The Labute approximate surface area is 194 Å². The van der Waals surface area contributed by atoms with E-state index in [4.69, 9.17) is 4.74 Å². The molecule has 0 radical (unpaired) electrons. The molecule has 2 aromatic carbocycles. The maximum Gasteiger partial charge on any atom is 0.340 e. The largest absolute Gasteiger partial charge is 0.452 e. The Balaban J connectivity index is 1.50. The van der Waals surface area contributed by atoms with Gasteiger partial charge in [-0.1, -0.05) is 36.4 Å². The van der Waals surface area contributed by atoms with Gasteiger partial charge in [0, 0.05) is 18.8 Å². The van der Waals surface area contributed by atoms with Gasteiger partial charge in [-0.2, -0.15) is 0 Å². The van der Waals surface area contributed by atoms with Crippen molar-refractivity contribution in [1.82, 2.24) is 4.90 Å². The lowest BCUT2D eigenvalue weighted by molar-refractivity contribution is -0.133. The van der Waals surface area contributed by atoms with Crippen LogP contribution in [0.3, 0.4) is 0 Å². The summed E-state index contributed by atoms with van der Waals surface area (Å²) in [6.07, 6.45) is 7.96. The Bertz CT molecular complexity index is 1160. The molecular weight excluding hydrogens is 440 g/mol. The van der Waals surface area contributed by atoms with E-state index in [0.717, 1.165) is 48.5 Å². The molecule has 0 N–H and O–H groups in total. The van der Waals surface area contributed by atoms with Gasteiger partial charge in [-0.25, -0.2) is 13.2 Å². The number of nitrogens with zero attached hydrogens (tertiary/aromatic N) is 2. The Kier molecular flexibility index (Phi) is 6.83. The van der Waals surface area contributed by atoms with Crippen LogP contribution in [0.1, 0.15) is 48.9 Å². The van der Waals surface area contributed by atoms with E-state index in [2.05, 4.69) is 6.08 Å². The van der Waals surface area contributed by atoms with Gasteiger partial charge in [0.2, 0.25) is 0 Å². The molecule has 0 heterocycles. The highest BCUT2D eigenvalue weighted by atomic mass is 32.2. The van der Waals surface area contributed by atoms with E-state index < -0.39 is 22.6 Å². The summed E-state index contributed by atoms with van der Waals surface area (Å²) in [6, 6.07) is 14.7. The van der Waals surface area contributed by atoms with Crippen molar-refractivity contribution in [1.29, 1.82) is 0 Å². The minimum Gasteiger partial charge on any atom is -0.452 e. The van der Waals surface area contributed by atoms with E-state index in [1.54, 1.807) is 47.4 Å². The number of hydrogen-bond donors (Lipinski definition) is 0. The first-order chi connectivity index (χ1) is 15.9. The van der Waals surface area contributed by atoms with Crippen LogP contribution < -0.4 is 4.31 Å². The van der Waals surface area contributed by atoms with E-state index in [1.165, 1.54) is 19.2 Å². The number of hydrogen-bond acceptors (Lipinski definition) is 5. The van der Waals surface area contributed by atoms with Crippen LogP contribution in [0, 0.1) is 0 Å². The first kappa shape index (κ1) is 23.0. The molecule has 4 rings (SSSR count). The second-order valence-corrected chi connectivity index (χ2v) is 10.3. The average Bonchev–Trinajstić information content (AvgIpc) is 3.68. The Hall–Kier alpha value is -3.13. The number of rotatable bonds is 8. The minimum absolute atomic E-state index is 0.0945. The van der Waals surface area contributed by atoms with Crippen LogP contribution in [0.25, 0.3) is 0 Å². The summed E-state index contributed by atoms with van der Waals surface area (Å²) >= 11 is 0. The maximum atomic E-state index is 13.2. The number of ether oxygens (including phenoxy) is 1. The molecule has 0 saturated heterocycles. The molecule has 0 atom stereocenters. The van der Waals surface area contributed by atoms with Crippen LogP contribution >= 0.6 is 0 Å². The first-order valence-electron chi connectivity index (χ1n) is 11.2. The maximum absolute atomic E-state index is 13.2. The molecule has 1 fully saturated rings. The van der Waals surface area contributed by atoms with Crippen molar-refractivity contribution in [2.24, 2.45) is 0 Å². The fraction of sp³-hybridized carbons (Fsp3) is 0.360. The van der Waals surface area contributed by atoms with Gasteiger partial charge in [0.15, 0.2) is 6.61 Å². The van der Waals surface area contributed by atoms with E-state index in [0.29, 0.717) is 5.69 Å². The fourth-order valence-corrected chi connectivity index (χ4v) is 5.40. The van der Waals surface area contributed by atoms with Gasteiger partial charge in [0.25, 0.3) is 15.9 Å². The van der Waals surface area contributed by atoms with Crippen molar-refractivity contribution in [2.45, 2.75) is 49.5 Å². The van der Waals surface area contributed by atoms with Gasteiger partial charge in [0.05, 0.1) is 11.3 Å². The number of benzene rings is 2. The summed E-state index contributed by atoms with van der Waals surface area (Å²) in [4.78, 5) is 27.4. The molecule has 0 unspecified atom stereocenters. The Morgan fingerprint density at radius 2 is 1.70 bits per heavy atom. The van der Waals surface area contributed by atoms with Gasteiger partial charge in [-0.05, 0) is 62.8 Å². The number of para-hydroxylation sites is 1. The Morgan fingerprint density at radius 3 is 2.36 bits per heavy atom. The molecule has 2 aromatic rings.